The number of fused-ring (bicyclic) bond motifs is 1. The number of nitrogens with zero attached hydrogens (tertiary/aromatic N) is 4. The number of carboxylic acids is 1. The van der Waals surface area contributed by atoms with Crippen LogP contribution in [0.2, 0.25) is 5.02 Å². The lowest BCUT2D eigenvalue weighted by molar-refractivity contribution is -0.145. The molecule has 8 nitrogen and oxygen atoms in total. The van der Waals surface area contributed by atoms with Gasteiger partial charge in [-0.3, -0.25) is 19.1 Å². The molecule has 0 saturated carbocycles. The van der Waals surface area contributed by atoms with Crippen molar-refractivity contribution < 1.29 is 19.5 Å². The second kappa shape index (κ2) is 10.6. The van der Waals surface area contributed by atoms with E-state index in [0.717, 1.165) is 31.2 Å². The lowest BCUT2D eigenvalue weighted by atomic mass is 9.98. The summed E-state index contributed by atoms with van der Waals surface area (Å²) in [6.07, 6.45) is 5.30. The first-order valence-corrected chi connectivity index (χ1v) is 12.4. The van der Waals surface area contributed by atoms with Crippen molar-refractivity contribution in [3.63, 3.8) is 0 Å². The van der Waals surface area contributed by atoms with Gasteiger partial charge in [-0.05, 0) is 37.5 Å². The lowest BCUT2D eigenvalue weighted by Gasteiger charge is -2.36. The highest BCUT2D eigenvalue weighted by molar-refractivity contribution is 6.30. The Morgan fingerprint density at radius 1 is 1.18 bits per heavy atom. The average Bonchev–Trinajstić information content (AvgIpc) is 3.28. The van der Waals surface area contributed by atoms with Gasteiger partial charge in [-0.1, -0.05) is 49.9 Å². The third-order valence-corrected chi connectivity index (χ3v) is 7.00. The molecule has 0 bridgehead atoms. The normalized spacial score (nSPS) is 20.4. The van der Waals surface area contributed by atoms with Gasteiger partial charge in [0.05, 0.1) is 17.7 Å². The number of carbonyl (C=O) groups is 3. The molecule has 1 aromatic heterocycles. The van der Waals surface area contributed by atoms with E-state index >= 15 is 0 Å². The minimum atomic E-state index is -0.874. The van der Waals surface area contributed by atoms with E-state index in [1.165, 1.54) is 0 Å². The Hall–Kier alpha value is -2.87. The van der Waals surface area contributed by atoms with Crippen molar-refractivity contribution in [2.45, 2.75) is 51.5 Å². The summed E-state index contributed by atoms with van der Waals surface area (Å²) in [6, 6.07) is 9.12. The molecule has 0 aliphatic carbocycles. The molecule has 1 unspecified atom stereocenters. The van der Waals surface area contributed by atoms with E-state index < -0.39 is 11.9 Å². The molecule has 9 heteroatoms. The molecule has 1 aromatic carbocycles. The van der Waals surface area contributed by atoms with Crippen LogP contribution in [0.5, 0.6) is 0 Å². The number of unbranched alkanes of at least 4 members (excludes halogenated alkanes) is 2. The smallest absolute Gasteiger partial charge is 0.308 e. The van der Waals surface area contributed by atoms with Gasteiger partial charge in [0.2, 0.25) is 5.91 Å². The highest BCUT2D eigenvalue weighted by Gasteiger charge is 2.36. The largest absolute Gasteiger partial charge is 0.481 e. The van der Waals surface area contributed by atoms with Gasteiger partial charge < -0.3 is 14.9 Å². The number of benzene rings is 1. The number of amides is 2. The zero-order chi connectivity index (χ0) is 24.2. The molecule has 3 heterocycles. The molecule has 2 aliphatic heterocycles. The topological polar surface area (TPSA) is 95.7 Å². The van der Waals surface area contributed by atoms with Gasteiger partial charge >= 0.3 is 5.97 Å². The maximum atomic E-state index is 13.4. The van der Waals surface area contributed by atoms with Crippen LogP contribution < -0.4 is 0 Å². The van der Waals surface area contributed by atoms with Crippen LogP contribution in [0.25, 0.3) is 11.3 Å². The summed E-state index contributed by atoms with van der Waals surface area (Å²) in [5.41, 5.74) is 2.06. The van der Waals surface area contributed by atoms with Crippen molar-refractivity contribution >= 4 is 29.4 Å². The van der Waals surface area contributed by atoms with E-state index in [4.69, 9.17) is 16.7 Å². The Morgan fingerprint density at radius 2 is 1.94 bits per heavy atom. The Bertz CT molecular complexity index is 1050. The molecule has 1 saturated heterocycles. The zero-order valence-corrected chi connectivity index (χ0v) is 20.2. The lowest BCUT2D eigenvalue weighted by Crippen LogP contribution is -2.50. The Balaban J connectivity index is 1.55. The van der Waals surface area contributed by atoms with Crippen LogP contribution in [0.3, 0.4) is 0 Å². The number of piperidine rings is 1. The van der Waals surface area contributed by atoms with Crippen LogP contribution in [-0.4, -0.2) is 68.6 Å². The second-order valence-electron chi connectivity index (χ2n) is 9.22. The number of hydrogen-bond acceptors (Lipinski definition) is 4. The molecule has 182 valence electrons. The number of carbonyl (C=O) groups excluding carboxylic acids is 2. The van der Waals surface area contributed by atoms with E-state index in [1.807, 2.05) is 16.8 Å². The summed E-state index contributed by atoms with van der Waals surface area (Å²) in [4.78, 5) is 41.0. The number of aliphatic carboxylic acids is 1. The summed E-state index contributed by atoms with van der Waals surface area (Å²) in [7, 11) is 0. The molecule has 1 N–H and O–H groups in total. The monoisotopic (exact) mass is 486 g/mol. The SMILES string of the molecule is CCCCCC1CN(CC(=O)N2CCC[C@H](C(=O)O)C2)C(=O)c2cc(-c3ccc(Cl)cc3)nn21. The van der Waals surface area contributed by atoms with Gasteiger partial charge in [-0.2, -0.15) is 5.10 Å². The van der Waals surface area contributed by atoms with Gasteiger partial charge in [0.1, 0.15) is 12.2 Å². The van der Waals surface area contributed by atoms with E-state index in [-0.39, 0.29) is 30.9 Å². The van der Waals surface area contributed by atoms with Crippen molar-refractivity contribution in [3.05, 3.63) is 41.0 Å². The molecule has 2 aromatic rings. The number of rotatable bonds is 8. The van der Waals surface area contributed by atoms with Gasteiger partial charge in [-0.15, -0.1) is 0 Å². The quantitative estimate of drug-likeness (QED) is 0.566. The van der Waals surface area contributed by atoms with Crippen LogP contribution >= 0.6 is 11.6 Å². The first-order chi connectivity index (χ1) is 16.4. The van der Waals surface area contributed by atoms with Crippen LogP contribution in [0.1, 0.15) is 62.0 Å². The van der Waals surface area contributed by atoms with Gasteiger partial charge in [-0.25, -0.2) is 0 Å². The fourth-order valence-corrected chi connectivity index (χ4v) is 4.95. The van der Waals surface area contributed by atoms with Crippen molar-refractivity contribution in [2.24, 2.45) is 5.92 Å². The summed E-state index contributed by atoms with van der Waals surface area (Å²) in [6.45, 7) is 3.25. The predicted molar refractivity (Wildman–Crippen MR) is 129 cm³/mol. The van der Waals surface area contributed by atoms with Crippen molar-refractivity contribution in [3.8, 4) is 11.3 Å². The second-order valence-corrected chi connectivity index (χ2v) is 9.66. The third kappa shape index (κ3) is 5.27. The van der Waals surface area contributed by atoms with E-state index in [1.54, 1.807) is 28.0 Å². The van der Waals surface area contributed by atoms with E-state index in [9.17, 15) is 19.5 Å². The average molecular weight is 487 g/mol. The molecular weight excluding hydrogens is 456 g/mol. The Kier molecular flexibility index (Phi) is 7.56. The molecule has 2 atom stereocenters. The molecule has 0 spiro atoms. The molecule has 1 fully saturated rings. The Morgan fingerprint density at radius 3 is 2.65 bits per heavy atom. The molecule has 2 aliphatic rings. The first-order valence-electron chi connectivity index (χ1n) is 12.0. The fraction of sp³-hybridized carbons (Fsp3) is 0.520. The van der Waals surface area contributed by atoms with E-state index in [2.05, 4.69) is 6.92 Å². The molecular formula is C25H31ClN4O4. The van der Waals surface area contributed by atoms with Crippen molar-refractivity contribution in [1.29, 1.82) is 0 Å². The standard InChI is InChI=1S/C25H31ClN4O4/c1-2-3-4-7-20-15-29(16-23(31)28-12-5-6-18(14-28)25(33)34)24(32)22-13-21(27-30(20)22)17-8-10-19(26)11-9-17/h8-11,13,18,20H,2-7,12,14-16H2,1H3,(H,33,34)/t18-,20?/m0/s1. The molecule has 0 radical (unpaired) electrons. The number of aromatic nitrogens is 2. The summed E-state index contributed by atoms with van der Waals surface area (Å²) in [5.74, 6) is -1.84. The predicted octanol–water partition coefficient (Wildman–Crippen LogP) is 4.10. The van der Waals surface area contributed by atoms with Crippen molar-refractivity contribution in [1.82, 2.24) is 19.6 Å². The minimum Gasteiger partial charge on any atom is -0.481 e. The van der Waals surface area contributed by atoms with Gasteiger partial charge in [0.15, 0.2) is 0 Å². The fourth-order valence-electron chi connectivity index (χ4n) is 4.82. The van der Waals surface area contributed by atoms with Crippen LogP contribution in [0, 0.1) is 5.92 Å². The number of hydrogen-bond donors (Lipinski definition) is 1. The first kappa shape index (κ1) is 24.3. The van der Waals surface area contributed by atoms with E-state index in [0.29, 0.717) is 42.3 Å². The highest BCUT2D eigenvalue weighted by atomic mass is 35.5. The van der Waals surface area contributed by atoms with Crippen LogP contribution in [0.4, 0.5) is 0 Å². The van der Waals surface area contributed by atoms with Gasteiger partial charge in [0, 0.05) is 30.2 Å². The van der Waals surface area contributed by atoms with Gasteiger partial charge in [0.25, 0.3) is 5.91 Å². The highest BCUT2D eigenvalue weighted by Crippen LogP contribution is 2.30. The number of halogens is 1. The number of likely N-dealkylation sites (tertiary alicyclic amines) is 1. The summed E-state index contributed by atoms with van der Waals surface area (Å²) < 4.78 is 1.82. The molecule has 4 rings (SSSR count). The minimum absolute atomic E-state index is 0.0128. The molecule has 2 amide bonds. The van der Waals surface area contributed by atoms with Crippen LogP contribution in [-0.2, 0) is 9.59 Å². The summed E-state index contributed by atoms with van der Waals surface area (Å²) in [5, 5.41) is 14.7. The number of carboxylic acid groups (broad SMARTS) is 1. The zero-order valence-electron chi connectivity index (χ0n) is 19.5. The van der Waals surface area contributed by atoms with Crippen molar-refractivity contribution in [2.75, 3.05) is 26.2 Å². The Labute approximate surface area is 204 Å². The third-order valence-electron chi connectivity index (χ3n) is 6.75. The maximum absolute atomic E-state index is 13.4. The summed E-state index contributed by atoms with van der Waals surface area (Å²) >= 11 is 6.02. The van der Waals surface area contributed by atoms with Crippen LogP contribution in [0.15, 0.2) is 30.3 Å². The maximum Gasteiger partial charge on any atom is 0.308 e. The molecule has 34 heavy (non-hydrogen) atoms.